The molecule has 0 unspecified atom stereocenters. The summed E-state index contributed by atoms with van der Waals surface area (Å²) in [7, 11) is -1.94. The first-order valence-electron chi connectivity index (χ1n) is 11.0. The molecule has 0 amide bonds. The van der Waals surface area contributed by atoms with Crippen molar-refractivity contribution in [1.82, 2.24) is 9.62 Å². The van der Waals surface area contributed by atoms with E-state index in [-0.39, 0.29) is 23.5 Å². The predicted molar refractivity (Wildman–Crippen MR) is 118 cm³/mol. The standard InChI is InChI=1S/C23H34N2O4S/c1-17-15-25(18(2)16-26)30(27,28)23-12-11-20(10-9-19-7-5-4-6-8-19)13-21(23)29-22(17)14-24-3/h11-13,17-19,22,24,26H,4-8,14-16H2,1-3H3/t17-,18-,22-/m0/s1. The molecule has 1 aromatic rings. The Morgan fingerprint density at radius 1 is 1.30 bits per heavy atom. The summed E-state index contributed by atoms with van der Waals surface area (Å²) in [5, 5.41) is 12.8. The minimum absolute atomic E-state index is 0.0497. The van der Waals surface area contributed by atoms with Crippen LogP contribution in [0, 0.1) is 23.7 Å². The molecule has 2 aliphatic rings. The number of hydrogen-bond donors (Lipinski definition) is 2. The van der Waals surface area contributed by atoms with Crippen molar-refractivity contribution >= 4 is 10.0 Å². The van der Waals surface area contributed by atoms with E-state index in [1.54, 1.807) is 25.1 Å². The minimum Gasteiger partial charge on any atom is -0.487 e. The van der Waals surface area contributed by atoms with E-state index in [4.69, 9.17) is 4.74 Å². The molecule has 1 fully saturated rings. The number of benzene rings is 1. The molecule has 1 aliphatic carbocycles. The van der Waals surface area contributed by atoms with Gasteiger partial charge in [-0.3, -0.25) is 0 Å². The molecule has 166 valence electrons. The summed E-state index contributed by atoms with van der Waals surface area (Å²) in [6, 6.07) is 4.60. The van der Waals surface area contributed by atoms with Crippen LogP contribution in [-0.2, 0) is 10.0 Å². The number of fused-ring (bicyclic) bond motifs is 1. The highest BCUT2D eigenvalue weighted by Gasteiger charge is 2.37. The Bertz CT molecular complexity index is 884. The van der Waals surface area contributed by atoms with Crippen LogP contribution in [0.25, 0.3) is 0 Å². The zero-order valence-corrected chi connectivity index (χ0v) is 19.0. The Morgan fingerprint density at radius 2 is 2.03 bits per heavy atom. The molecular weight excluding hydrogens is 400 g/mol. The van der Waals surface area contributed by atoms with Crippen molar-refractivity contribution in [2.24, 2.45) is 11.8 Å². The largest absolute Gasteiger partial charge is 0.487 e. The van der Waals surface area contributed by atoms with E-state index in [0.717, 1.165) is 18.4 Å². The average molecular weight is 435 g/mol. The van der Waals surface area contributed by atoms with E-state index in [2.05, 4.69) is 17.2 Å². The van der Waals surface area contributed by atoms with Gasteiger partial charge in [-0.25, -0.2) is 8.42 Å². The molecule has 6 nitrogen and oxygen atoms in total. The Hall–Kier alpha value is -1.59. The van der Waals surface area contributed by atoms with Gasteiger partial charge in [0.05, 0.1) is 6.61 Å². The van der Waals surface area contributed by atoms with E-state index >= 15 is 0 Å². The van der Waals surface area contributed by atoms with Gasteiger partial charge in [-0.15, -0.1) is 0 Å². The van der Waals surface area contributed by atoms with Crippen molar-refractivity contribution in [3.05, 3.63) is 23.8 Å². The Kier molecular flexibility index (Phi) is 7.81. The lowest BCUT2D eigenvalue weighted by molar-refractivity contribution is 0.103. The number of likely N-dealkylation sites (N-methyl/N-ethyl adjacent to an activating group) is 1. The molecule has 1 aromatic carbocycles. The van der Waals surface area contributed by atoms with Gasteiger partial charge in [0.2, 0.25) is 10.0 Å². The van der Waals surface area contributed by atoms with E-state index in [9.17, 15) is 13.5 Å². The van der Waals surface area contributed by atoms with Crippen molar-refractivity contribution in [2.75, 3.05) is 26.7 Å². The van der Waals surface area contributed by atoms with Crippen LogP contribution in [0.1, 0.15) is 51.5 Å². The van der Waals surface area contributed by atoms with Gasteiger partial charge in [0.1, 0.15) is 16.7 Å². The molecular formula is C23H34N2O4S. The highest BCUT2D eigenvalue weighted by molar-refractivity contribution is 7.89. The van der Waals surface area contributed by atoms with Gasteiger partial charge in [-0.1, -0.05) is 38.0 Å². The fraction of sp³-hybridized carbons (Fsp3) is 0.652. The van der Waals surface area contributed by atoms with Crippen LogP contribution in [0.5, 0.6) is 5.75 Å². The lowest BCUT2D eigenvalue weighted by atomic mass is 9.90. The van der Waals surface area contributed by atoms with Gasteiger partial charge in [0.15, 0.2) is 0 Å². The molecule has 1 heterocycles. The average Bonchev–Trinajstić information content (AvgIpc) is 2.75. The van der Waals surface area contributed by atoms with Crippen LogP contribution < -0.4 is 10.1 Å². The molecule has 3 atom stereocenters. The summed E-state index contributed by atoms with van der Waals surface area (Å²) in [5.74, 6) is 7.31. The zero-order chi connectivity index (χ0) is 21.7. The predicted octanol–water partition coefficient (Wildman–Crippen LogP) is 2.61. The first kappa shape index (κ1) is 23.1. The summed E-state index contributed by atoms with van der Waals surface area (Å²) in [5.41, 5.74) is 0.771. The third-order valence-electron chi connectivity index (χ3n) is 6.10. The van der Waals surface area contributed by atoms with Crippen molar-refractivity contribution in [1.29, 1.82) is 0 Å². The lowest BCUT2D eigenvalue weighted by Crippen LogP contribution is -2.49. The first-order chi connectivity index (χ1) is 14.4. The number of aliphatic hydroxyl groups excluding tert-OH is 1. The molecule has 7 heteroatoms. The normalized spacial score (nSPS) is 25.7. The second-order valence-electron chi connectivity index (χ2n) is 8.56. The molecule has 0 aromatic heterocycles. The van der Waals surface area contributed by atoms with Gasteiger partial charge in [0, 0.05) is 36.5 Å². The second-order valence-corrected chi connectivity index (χ2v) is 10.4. The number of hydrogen-bond acceptors (Lipinski definition) is 5. The monoisotopic (exact) mass is 434 g/mol. The molecule has 0 bridgehead atoms. The number of nitrogens with zero attached hydrogens (tertiary/aromatic N) is 1. The highest BCUT2D eigenvalue weighted by atomic mass is 32.2. The van der Waals surface area contributed by atoms with E-state index in [0.29, 0.717) is 24.8 Å². The summed E-state index contributed by atoms with van der Waals surface area (Å²) < 4.78 is 34.4. The van der Waals surface area contributed by atoms with Gasteiger partial charge >= 0.3 is 0 Å². The molecule has 3 rings (SSSR count). The smallest absolute Gasteiger partial charge is 0.247 e. The Balaban J connectivity index is 2.00. The second kappa shape index (κ2) is 10.1. The van der Waals surface area contributed by atoms with Gasteiger partial charge in [0.25, 0.3) is 0 Å². The fourth-order valence-corrected chi connectivity index (χ4v) is 6.01. The van der Waals surface area contributed by atoms with Gasteiger partial charge < -0.3 is 15.2 Å². The topological polar surface area (TPSA) is 78.9 Å². The Morgan fingerprint density at radius 3 is 2.70 bits per heavy atom. The summed E-state index contributed by atoms with van der Waals surface area (Å²) in [4.78, 5) is 0.138. The number of aliphatic hydroxyl groups is 1. The summed E-state index contributed by atoms with van der Waals surface area (Å²) in [6.07, 6.45) is 5.83. The van der Waals surface area contributed by atoms with Crippen LogP contribution >= 0.6 is 0 Å². The molecule has 2 N–H and O–H groups in total. The number of nitrogens with one attached hydrogen (secondary N) is 1. The Labute approximate surface area is 181 Å². The molecule has 0 spiro atoms. The molecule has 1 aliphatic heterocycles. The van der Waals surface area contributed by atoms with Crippen molar-refractivity contribution < 1.29 is 18.3 Å². The van der Waals surface area contributed by atoms with Crippen molar-refractivity contribution in [2.45, 2.75) is 63.0 Å². The maximum Gasteiger partial charge on any atom is 0.247 e. The fourth-order valence-electron chi connectivity index (χ4n) is 4.18. The van der Waals surface area contributed by atoms with Gasteiger partial charge in [-0.2, -0.15) is 4.31 Å². The molecule has 0 saturated heterocycles. The van der Waals surface area contributed by atoms with Crippen molar-refractivity contribution in [3.8, 4) is 17.6 Å². The number of rotatable bonds is 4. The molecule has 1 saturated carbocycles. The van der Waals surface area contributed by atoms with Gasteiger partial charge in [-0.05, 0) is 45.0 Å². The van der Waals surface area contributed by atoms with Crippen LogP contribution in [0.2, 0.25) is 0 Å². The van der Waals surface area contributed by atoms with Crippen LogP contribution in [0.3, 0.4) is 0 Å². The molecule has 30 heavy (non-hydrogen) atoms. The van der Waals surface area contributed by atoms with Crippen LogP contribution in [-0.4, -0.2) is 56.7 Å². The van der Waals surface area contributed by atoms with Crippen LogP contribution in [0.15, 0.2) is 23.1 Å². The number of sulfonamides is 1. The summed E-state index contributed by atoms with van der Waals surface area (Å²) in [6.45, 7) is 4.36. The van der Waals surface area contributed by atoms with Crippen molar-refractivity contribution in [3.63, 3.8) is 0 Å². The van der Waals surface area contributed by atoms with E-state index in [1.807, 2.05) is 14.0 Å². The third-order valence-corrected chi connectivity index (χ3v) is 8.12. The SMILES string of the molecule is CNC[C@@H]1Oc2cc(C#CC3CCCCC3)ccc2S(=O)(=O)N([C@@H](C)CO)C[C@@H]1C. The maximum absolute atomic E-state index is 13.4. The third kappa shape index (κ3) is 5.17. The summed E-state index contributed by atoms with van der Waals surface area (Å²) >= 11 is 0. The lowest BCUT2D eigenvalue weighted by Gasteiger charge is -2.36. The first-order valence-corrected chi connectivity index (χ1v) is 12.4. The number of ether oxygens (including phenoxy) is 1. The van der Waals surface area contributed by atoms with E-state index in [1.165, 1.54) is 23.6 Å². The quantitative estimate of drug-likeness (QED) is 0.712. The van der Waals surface area contributed by atoms with E-state index < -0.39 is 16.1 Å². The minimum atomic E-state index is -3.80. The van der Waals surface area contributed by atoms with Crippen LogP contribution in [0.4, 0.5) is 0 Å². The highest BCUT2D eigenvalue weighted by Crippen LogP contribution is 2.34. The maximum atomic E-state index is 13.4. The molecule has 0 radical (unpaired) electrons. The zero-order valence-electron chi connectivity index (χ0n) is 18.2.